The Morgan fingerprint density at radius 2 is 1.90 bits per heavy atom. The third kappa shape index (κ3) is 6.85. The Hall–Kier alpha value is -2.97. The molecule has 0 bridgehead atoms. The van der Waals surface area contributed by atoms with E-state index in [-0.39, 0.29) is 31.8 Å². The number of aryl methyl sites for hydroxylation is 1. The van der Waals surface area contributed by atoms with Crippen LogP contribution in [0, 0.1) is 5.92 Å². The molecule has 158 valence electrons. The number of hydrogen-bond donors (Lipinski definition) is 1. The highest BCUT2D eigenvalue weighted by Gasteiger charge is 2.35. The lowest BCUT2D eigenvalue weighted by molar-refractivity contribution is -0.199. The SMILES string of the molecule is CCc1ccc(CCOC(=O)N[C@@H](CC(C)C)C(=O)ON2C(=O)CCC2=O)nc1. The smallest absolute Gasteiger partial charge is 0.407 e. The van der Waals surface area contributed by atoms with Crippen molar-refractivity contribution in [2.24, 2.45) is 5.92 Å². The van der Waals surface area contributed by atoms with Gasteiger partial charge in [-0.3, -0.25) is 14.6 Å². The third-order valence-corrected chi connectivity index (χ3v) is 4.36. The number of pyridine rings is 1. The zero-order chi connectivity index (χ0) is 21.4. The van der Waals surface area contributed by atoms with Crippen molar-refractivity contribution in [1.82, 2.24) is 15.4 Å². The summed E-state index contributed by atoms with van der Waals surface area (Å²) in [6.45, 7) is 5.87. The fraction of sp³-hybridized carbons (Fsp3) is 0.550. The number of nitrogens with one attached hydrogen (secondary N) is 1. The second kappa shape index (κ2) is 10.5. The van der Waals surface area contributed by atoms with Crippen molar-refractivity contribution >= 4 is 23.9 Å². The van der Waals surface area contributed by atoms with Crippen LogP contribution in [0.2, 0.25) is 0 Å². The number of imide groups is 1. The van der Waals surface area contributed by atoms with Gasteiger partial charge in [-0.05, 0) is 30.4 Å². The standard InChI is InChI=1S/C20H27N3O6/c1-4-14-5-6-15(21-12-14)9-10-28-20(27)22-16(11-13(2)3)19(26)29-23-17(24)7-8-18(23)25/h5-6,12-13,16H,4,7-11H2,1-3H3,(H,22,27)/t16-/m0/s1. The fourth-order valence-corrected chi connectivity index (χ4v) is 2.74. The van der Waals surface area contributed by atoms with E-state index < -0.39 is 29.9 Å². The molecular weight excluding hydrogens is 378 g/mol. The maximum absolute atomic E-state index is 12.4. The molecule has 0 unspecified atom stereocenters. The number of aromatic nitrogens is 1. The Balaban J connectivity index is 1.85. The molecule has 9 heteroatoms. The molecule has 1 saturated heterocycles. The minimum absolute atomic E-state index is 0.00367. The van der Waals surface area contributed by atoms with Crippen LogP contribution in [0.3, 0.4) is 0 Å². The first-order valence-electron chi connectivity index (χ1n) is 9.74. The summed E-state index contributed by atoms with van der Waals surface area (Å²) >= 11 is 0. The number of rotatable bonds is 9. The van der Waals surface area contributed by atoms with Gasteiger partial charge in [-0.1, -0.05) is 26.8 Å². The number of hydroxylamine groups is 2. The first-order valence-corrected chi connectivity index (χ1v) is 9.74. The van der Waals surface area contributed by atoms with Gasteiger partial charge in [0, 0.05) is 31.2 Å². The van der Waals surface area contributed by atoms with E-state index in [1.807, 2.05) is 32.9 Å². The van der Waals surface area contributed by atoms with Gasteiger partial charge in [-0.2, -0.15) is 0 Å². The average molecular weight is 405 g/mol. The highest BCUT2D eigenvalue weighted by atomic mass is 16.7. The summed E-state index contributed by atoms with van der Waals surface area (Å²) in [5, 5.41) is 2.92. The van der Waals surface area contributed by atoms with Crippen LogP contribution in [0.4, 0.5) is 4.79 Å². The van der Waals surface area contributed by atoms with Crippen LogP contribution in [0.1, 0.15) is 51.3 Å². The lowest BCUT2D eigenvalue weighted by Gasteiger charge is -2.21. The van der Waals surface area contributed by atoms with Crippen molar-refractivity contribution in [2.75, 3.05) is 6.61 Å². The molecule has 1 N–H and O–H groups in total. The highest BCUT2D eigenvalue weighted by molar-refractivity contribution is 6.01. The summed E-state index contributed by atoms with van der Waals surface area (Å²) in [6.07, 6.45) is 2.61. The summed E-state index contributed by atoms with van der Waals surface area (Å²) in [4.78, 5) is 56.9. The van der Waals surface area contributed by atoms with Gasteiger partial charge in [0.05, 0.1) is 6.61 Å². The fourth-order valence-electron chi connectivity index (χ4n) is 2.74. The molecule has 2 heterocycles. The zero-order valence-electron chi connectivity index (χ0n) is 17.0. The van der Waals surface area contributed by atoms with E-state index in [4.69, 9.17) is 9.57 Å². The van der Waals surface area contributed by atoms with Gasteiger partial charge in [0.2, 0.25) is 0 Å². The van der Waals surface area contributed by atoms with E-state index in [9.17, 15) is 19.2 Å². The Morgan fingerprint density at radius 1 is 1.21 bits per heavy atom. The van der Waals surface area contributed by atoms with Crippen molar-refractivity contribution in [1.29, 1.82) is 0 Å². The van der Waals surface area contributed by atoms with Gasteiger partial charge >= 0.3 is 12.1 Å². The first-order chi connectivity index (χ1) is 13.8. The van der Waals surface area contributed by atoms with Crippen LogP contribution in [-0.4, -0.2) is 46.6 Å². The normalized spacial score (nSPS) is 14.8. The Morgan fingerprint density at radius 3 is 2.45 bits per heavy atom. The van der Waals surface area contributed by atoms with Crippen LogP contribution < -0.4 is 5.32 Å². The Kier molecular flexibility index (Phi) is 8.11. The van der Waals surface area contributed by atoms with Crippen molar-refractivity contribution in [2.45, 2.75) is 58.9 Å². The molecule has 9 nitrogen and oxygen atoms in total. The minimum Gasteiger partial charge on any atom is -0.449 e. The predicted molar refractivity (Wildman–Crippen MR) is 102 cm³/mol. The average Bonchev–Trinajstić information content (AvgIpc) is 2.99. The molecule has 0 spiro atoms. The first kappa shape index (κ1) is 22.3. The molecule has 0 aromatic carbocycles. The van der Waals surface area contributed by atoms with Crippen molar-refractivity contribution in [3.05, 3.63) is 29.6 Å². The highest BCUT2D eigenvalue weighted by Crippen LogP contribution is 2.14. The number of amides is 3. The van der Waals surface area contributed by atoms with Crippen LogP contribution in [0.15, 0.2) is 18.3 Å². The van der Waals surface area contributed by atoms with E-state index in [1.54, 1.807) is 6.20 Å². The van der Waals surface area contributed by atoms with Gasteiger partial charge in [0.15, 0.2) is 0 Å². The molecule has 0 aliphatic carbocycles. The van der Waals surface area contributed by atoms with Crippen molar-refractivity contribution in [3.8, 4) is 0 Å². The zero-order valence-corrected chi connectivity index (χ0v) is 17.0. The summed E-state index contributed by atoms with van der Waals surface area (Å²) in [5.41, 5.74) is 1.91. The molecule has 1 aliphatic heterocycles. The maximum Gasteiger partial charge on any atom is 0.407 e. The quantitative estimate of drug-likeness (QED) is 0.624. The molecule has 3 amide bonds. The Bertz CT molecular complexity index is 731. The summed E-state index contributed by atoms with van der Waals surface area (Å²) in [6, 6.07) is 2.81. The van der Waals surface area contributed by atoms with E-state index in [0.29, 0.717) is 11.5 Å². The molecule has 2 rings (SSSR count). The molecule has 29 heavy (non-hydrogen) atoms. The van der Waals surface area contributed by atoms with Crippen LogP contribution >= 0.6 is 0 Å². The van der Waals surface area contributed by atoms with Crippen molar-refractivity contribution < 1.29 is 28.8 Å². The van der Waals surface area contributed by atoms with Crippen LogP contribution in [-0.2, 0) is 36.8 Å². The topological polar surface area (TPSA) is 115 Å². The van der Waals surface area contributed by atoms with Gasteiger partial charge in [0.1, 0.15) is 6.04 Å². The molecular formula is C20H27N3O6. The summed E-state index contributed by atoms with van der Waals surface area (Å²) in [5.74, 6) is -1.97. The number of carbonyl (C=O) groups is 4. The molecule has 1 aliphatic rings. The van der Waals surface area contributed by atoms with E-state index in [2.05, 4.69) is 10.3 Å². The number of nitrogens with zero attached hydrogens (tertiary/aromatic N) is 2. The molecule has 1 atom stereocenters. The summed E-state index contributed by atoms with van der Waals surface area (Å²) in [7, 11) is 0. The van der Waals surface area contributed by atoms with E-state index in [0.717, 1.165) is 17.7 Å². The number of alkyl carbamates (subject to hydrolysis) is 1. The van der Waals surface area contributed by atoms with Gasteiger partial charge in [-0.15, -0.1) is 5.06 Å². The minimum atomic E-state index is -1.04. The molecule has 1 aromatic rings. The molecule has 0 saturated carbocycles. The largest absolute Gasteiger partial charge is 0.449 e. The van der Waals surface area contributed by atoms with Gasteiger partial charge < -0.3 is 14.9 Å². The maximum atomic E-state index is 12.4. The monoisotopic (exact) mass is 405 g/mol. The Labute approximate surface area is 169 Å². The molecule has 1 aromatic heterocycles. The lowest BCUT2D eigenvalue weighted by atomic mass is 10.0. The third-order valence-electron chi connectivity index (χ3n) is 4.36. The summed E-state index contributed by atoms with van der Waals surface area (Å²) < 4.78 is 5.13. The second-order valence-electron chi connectivity index (χ2n) is 7.22. The second-order valence-corrected chi connectivity index (χ2v) is 7.22. The van der Waals surface area contributed by atoms with Gasteiger partial charge in [0.25, 0.3) is 11.8 Å². The molecule has 1 fully saturated rings. The van der Waals surface area contributed by atoms with Crippen LogP contribution in [0.25, 0.3) is 0 Å². The van der Waals surface area contributed by atoms with Crippen LogP contribution in [0.5, 0.6) is 0 Å². The van der Waals surface area contributed by atoms with E-state index in [1.165, 1.54) is 0 Å². The number of carbonyl (C=O) groups excluding carboxylic acids is 4. The van der Waals surface area contributed by atoms with E-state index >= 15 is 0 Å². The number of hydrogen-bond acceptors (Lipinski definition) is 7. The number of ether oxygens (including phenoxy) is 1. The lowest BCUT2D eigenvalue weighted by Crippen LogP contribution is -2.46. The van der Waals surface area contributed by atoms with Crippen molar-refractivity contribution in [3.63, 3.8) is 0 Å². The predicted octanol–water partition coefficient (Wildman–Crippen LogP) is 1.93. The molecule has 0 radical (unpaired) electrons. The van der Waals surface area contributed by atoms with Gasteiger partial charge in [-0.25, -0.2) is 9.59 Å².